The molecule has 3 heterocycles. The molecule has 1 saturated carbocycles. The molecule has 4 fully saturated rings. The number of nitrogens with two attached hydrogens (primary N) is 1. The van der Waals surface area contributed by atoms with Crippen molar-refractivity contribution >= 4 is 35.0 Å². The number of rotatable bonds is 6. The number of likely N-dealkylation sites (N-methyl/N-ethyl adjacent to an activating group) is 1. The highest BCUT2D eigenvalue weighted by atomic mass is 32.2. The molecule has 0 aromatic heterocycles. The maximum atomic E-state index is 14.4. The molecule has 8 nitrogen and oxygen atoms in total. The molecule has 0 radical (unpaired) electrons. The Labute approximate surface area is 217 Å². The third-order valence-corrected chi connectivity index (χ3v) is 9.64. The van der Waals surface area contributed by atoms with E-state index in [-0.39, 0.29) is 35.6 Å². The average molecular weight is 515 g/mol. The number of carbonyl (C=O) groups excluding carboxylic acids is 3. The third kappa shape index (κ3) is 4.77. The molecule has 1 aromatic rings. The SMILES string of the molecule is CS[C@H]1CN(C(=O)[C@H](c2cc(N3CCN(C)CC3)ccc2C(N)=O)C2CCCCC2)[C@@H]2C(=O)CO[C@H]12. The van der Waals surface area contributed by atoms with E-state index in [0.717, 1.165) is 69.5 Å². The Kier molecular flexibility index (Phi) is 7.60. The highest BCUT2D eigenvalue weighted by Gasteiger charge is 2.53. The van der Waals surface area contributed by atoms with Gasteiger partial charge < -0.3 is 25.2 Å². The zero-order valence-corrected chi connectivity index (χ0v) is 22.2. The van der Waals surface area contributed by atoms with Crippen molar-refractivity contribution in [2.45, 2.75) is 55.4 Å². The fraction of sp³-hybridized carbons (Fsp3) is 0.667. The molecule has 1 aliphatic carbocycles. The van der Waals surface area contributed by atoms with Gasteiger partial charge in [-0.15, -0.1) is 0 Å². The zero-order chi connectivity index (χ0) is 25.4. The number of likely N-dealkylation sites (tertiary alicyclic amines) is 1. The number of fused-ring (bicyclic) bond motifs is 1. The van der Waals surface area contributed by atoms with Crippen LogP contribution in [-0.4, -0.2) is 97.4 Å². The number of Topliss-reactive ketones (excluding diaryl/α,β-unsaturated/α-hetero) is 1. The molecule has 196 valence electrons. The summed E-state index contributed by atoms with van der Waals surface area (Å²) in [7, 11) is 2.12. The Hall–Kier alpha value is -2.10. The van der Waals surface area contributed by atoms with E-state index >= 15 is 0 Å². The Morgan fingerprint density at radius 1 is 1.11 bits per heavy atom. The van der Waals surface area contributed by atoms with Gasteiger partial charge in [-0.25, -0.2) is 0 Å². The molecule has 5 rings (SSSR count). The highest BCUT2D eigenvalue weighted by Crippen LogP contribution is 2.43. The van der Waals surface area contributed by atoms with Crippen LogP contribution >= 0.6 is 11.8 Å². The molecule has 3 saturated heterocycles. The normalized spacial score (nSPS) is 28.4. The number of hydrogen-bond acceptors (Lipinski definition) is 7. The van der Waals surface area contributed by atoms with Crippen molar-refractivity contribution in [3.8, 4) is 0 Å². The van der Waals surface area contributed by atoms with Gasteiger partial charge in [0, 0.05) is 44.0 Å². The van der Waals surface area contributed by atoms with E-state index in [1.54, 1.807) is 22.7 Å². The van der Waals surface area contributed by atoms with E-state index in [9.17, 15) is 14.4 Å². The summed E-state index contributed by atoms with van der Waals surface area (Å²) >= 11 is 1.65. The van der Waals surface area contributed by atoms with Gasteiger partial charge in [0.15, 0.2) is 5.78 Å². The lowest BCUT2D eigenvalue weighted by Crippen LogP contribution is -2.46. The summed E-state index contributed by atoms with van der Waals surface area (Å²) in [6.45, 7) is 4.28. The number of carbonyl (C=O) groups is 3. The molecular weight excluding hydrogens is 476 g/mol. The van der Waals surface area contributed by atoms with Crippen molar-refractivity contribution in [3.05, 3.63) is 29.3 Å². The van der Waals surface area contributed by atoms with Crippen LogP contribution in [0.15, 0.2) is 18.2 Å². The van der Waals surface area contributed by atoms with Crippen LogP contribution in [0.3, 0.4) is 0 Å². The summed E-state index contributed by atoms with van der Waals surface area (Å²) in [5.41, 5.74) is 8.05. The second-order valence-corrected chi connectivity index (χ2v) is 11.8. The van der Waals surface area contributed by atoms with Gasteiger partial charge >= 0.3 is 0 Å². The van der Waals surface area contributed by atoms with Crippen LogP contribution in [0.25, 0.3) is 0 Å². The molecule has 0 spiro atoms. The number of anilines is 1. The Morgan fingerprint density at radius 2 is 1.83 bits per heavy atom. The van der Waals surface area contributed by atoms with Gasteiger partial charge in [0.2, 0.25) is 11.8 Å². The first-order valence-corrected chi connectivity index (χ1v) is 14.5. The zero-order valence-electron chi connectivity index (χ0n) is 21.4. The summed E-state index contributed by atoms with van der Waals surface area (Å²) in [5.74, 6) is -0.949. The smallest absolute Gasteiger partial charge is 0.249 e. The van der Waals surface area contributed by atoms with Crippen LogP contribution in [0.5, 0.6) is 0 Å². The lowest BCUT2D eigenvalue weighted by molar-refractivity contribution is -0.139. The van der Waals surface area contributed by atoms with E-state index in [4.69, 9.17) is 10.5 Å². The van der Waals surface area contributed by atoms with Gasteiger partial charge in [-0.05, 0) is 55.8 Å². The number of ether oxygens (including phenoxy) is 1. The van der Waals surface area contributed by atoms with Crippen molar-refractivity contribution in [2.24, 2.45) is 11.7 Å². The van der Waals surface area contributed by atoms with Gasteiger partial charge in [-0.2, -0.15) is 11.8 Å². The number of thioether (sulfide) groups is 1. The molecule has 3 aliphatic heterocycles. The van der Waals surface area contributed by atoms with Gasteiger partial charge in [0.1, 0.15) is 12.6 Å². The molecule has 1 aromatic carbocycles. The largest absolute Gasteiger partial charge is 0.369 e. The first kappa shape index (κ1) is 25.5. The van der Waals surface area contributed by atoms with E-state index in [1.807, 2.05) is 18.4 Å². The predicted octanol–water partition coefficient (Wildman–Crippen LogP) is 2.11. The van der Waals surface area contributed by atoms with E-state index in [2.05, 4.69) is 16.8 Å². The maximum absolute atomic E-state index is 14.4. The molecule has 4 atom stereocenters. The molecule has 2 N–H and O–H groups in total. The van der Waals surface area contributed by atoms with Gasteiger partial charge in [-0.3, -0.25) is 14.4 Å². The van der Waals surface area contributed by atoms with Crippen LogP contribution in [0.2, 0.25) is 0 Å². The van der Waals surface area contributed by atoms with Crippen LogP contribution < -0.4 is 10.6 Å². The van der Waals surface area contributed by atoms with Crippen LogP contribution in [0.1, 0.15) is 53.9 Å². The molecular formula is C27H38N4O4S. The fourth-order valence-electron chi connectivity index (χ4n) is 6.57. The summed E-state index contributed by atoms with van der Waals surface area (Å²) in [6.07, 6.45) is 6.93. The molecule has 2 amide bonds. The van der Waals surface area contributed by atoms with Gasteiger partial charge in [0.25, 0.3) is 0 Å². The van der Waals surface area contributed by atoms with E-state index in [0.29, 0.717) is 12.1 Å². The highest BCUT2D eigenvalue weighted by molar-refractivity contribution is 7.99. The van der Waals surface area contributed by atoms with Crippen molar-refractivity contribution in [1.29, 1.82) is 0 Å². The van der Waals surface area contributed by atoms with Crippen molar-refractivity contribution < 1.29 is 19.1 Å². The number of primary amides is 1. The fourth-order valence-corrected chi connectivity index (χ4v) is 7.38. The quantitative estimate of drug-likeness (QED) is 0.621. The predicted molar refractivity (Wildman–Crippen MR) is 142 cm³/mol. The number of hydrogen-bond donors (Lipinski definition) is 1. The number of benzene rings is 1. The number of amides is 2. The minimum Gasteiger partial charge on any atom is -0.369 e. The monoisotopic (exact) mass is 514 g/mol. The standard InChI is InChI=1S/C27H38N4O4S/c1-29-10-12-30(13-11-29)18-8-9-19(26(28)33)20(14-18)23(17-6-4-3-5-7-17)27(34)31-15-22(36-2)25-24(31)21(32)16-35-25/h8-9,14,17,22-25H,3-7,10-13,15-16H2,1-2H3,(H2,28,33)/t22-,23-,24+,25+/m0/s1. The molecule has 36 heavy (non-hydrogen) atoms. The Balaban J connectivity index is 1.55. The number of ketones is 1. The first-order chi connectivity index (χ1) is 17.4. The summed E-state index contributed by atoms with van der Waals surface area (Å²) in [5, 5.41) is 0.0738. The van der Waals surface area contributed by atoms with Crippen molar-refractivity contribution in [2.75, 3.05) is 57.5 Å². The van der Waals surface area contributed by atoms with E-state index < -0.39 is 17.9 Å². The van der Waals surface area contributed by atoms with Crippen LogP contribution in [0.4, 0.5) is 5.69 Å². The third-order valence-electron chi connectivity index (χ3n) is 8.62. The second kappa shape index (κ2) is 10.7. The summed E-state index contributed by atoms with van der Waals surface area (Å²) in [4.78, 5) is 46.3. The van der Waals surface area contributed by atoms with Gasteiger partial charge in [0.05, 0.1) is 17.3 Å². The second-order valence-electron chi connectivity index (χ2n) is 10.8. The van der Waals surface area contributed by atoms with Crippen LogP contribution in [0, 0.1) is 5.92 Å². The Bertz CT molecular complexity index is 1010. The number of piperazine rings is 1. The minimum atomic E-state index is -0.529. The molecule has 9 heteroatoms. The molecule has 0 bridgehead atoms. The number of nitrogens with zero attached hydrogens (tertiary/aromatic N) is 3. The Morgan fingerprint density at radius 3 is 2.50 bits per heavy atom. The topological polar surface area (TPSA) is 96.2 Å². The lowest BCUT2D eigenvalue weighted by atomic mass is 9.74. The maximum Gasteiger partial charge on any atom is 0.249 e. The summed E-state index contributed by atoms with van der Waals surface area (Å²) in [6, 6.07) is 5.27. The molecule has 4 aliphatic rings. The van der Waals surface area contributed by atoms with Crippen molar-refractivity contribution in [3.63, 3.8) is 0 Å². The summed E-state index contributed by atoms with van der Waals surface area (Å²) < 4.78 is 5.82. The minimum absolute atomic E-state index is 0.0198. The lowest BCUT2D eigenvalue weighted by Gasteiger charge is -2.37. The molecule has 0 unspecified atom stereocenters. The average Bonchev–Trinajstić information content (AvgIpc) is 3.45. The van der Waals surface area contributed by atoms with Gasteiger partial charge in [-0.1, -0.05) is 19.3 Å². The van der Waals surface area contributed by atoms with Crippen LogP contribution in [-0.2, 0) is 14.3 Å². The van der Waals surface area contributed by atoms with E-state index in [1.165, 1.54) is 0 Å². The van der Waals surface area contributed by atoms with Crippen molar-refractivity contribution in [1.82, 2.24) is 9.80 Å². The first-order valence-electron chi connectivity index (χ1n) is 13.2.